The first kappa shape index (κ1) is 12.6. The highest BCUT2D eigenvalue weighted by atomic mass is 32.2. The molecule has 1 aliphatic rings. The van der Waals surface area contributed by atoms with E-state index in [0.29, 0.717) is 5.82 Å². The van der Waals surface area contributed by atoms with Gasteiger partial charge in [-0.15, -0.1) is 0 Å². The second-order valence-electron chi connectivity index (χ2n) is 4.87. The number of aromatic nitrogens is 2. The summed E-state index contributed by atoms with van der Waals surface area (Å²) in [6.07, 6.45) is 5.37. The van der Waals surface area contributed by atoms with Gasteiger partial charge in [0.05, 0.1) is 0 Å². The molecule has 0 saturated heterocycles. The molecule has 1 fully saturated rings. The minimum atomic E-state index is -3.31. The molecule has 0 radical (unpaired) electrons. The van der Waals surface area contributed by atoms with E-state index in [2.05, 4.69) is 9.71 Å². The molecule has 0 aliphatic heterocycles. The van der Waals surface area contributed by atoms with Gasteiger partial charge in [0.15, 0.2) is 0 Å². The van der Waals surface area contributed by atoms with Gasteiger partial charge in [-0.3, -0.25) is 0 Å². The molecule has 1 aromatic rings. The summed E-state index contributed by atoms with van der Waals surface area (Å²) in [5.41, 5.74) is 0. The molecule has 1 aromatic heterocycles. The van der Waals surface area contributed by atoms with Crippen molar-refractivity contribution >= 4 is 10.0 Å². The number of hydrogen-bond donors (Lipinski definition) is 1. The lowest BCUT2D eigenvalue weighted by molar-refractivity contribution is 0.540. The molecule has 5 nitrogen and oxygen atoms in total. The molecule has 0 spiro atoms. The molecule has 2 rings (SSSR count). The molecule has 0 amide bonds. The monoisotopic (exact) mass is 257 g/mol. The summed E-state index contributed by atoms with van der Waals surface area (Å²) in [6, 6.07) is 0.357. The van der Waals surface area contributed by atoms with Crippen molar-refractivity contribution in [1.82, 2.24) is 14.3 Å². The van der Waals surface area contributed by atoms with E-state index in [4.69, 9.17) is 0 Å². The molecule has 17 heavy (non-hydrogen) atoms. The third-order valence-corrected chi connectivity index (χ3v) is 4.80. The summed E-state index contributed by atoms with van der Waals surface area (Å²) in [5.74, 6) is 0.605. The molecule has 96 valence electrons. The van der Waals surface area contributed by atoms with Gasteiger partial charge in [-0.2, -0.15) is 0 Å². The maximum Gasteiger partial charge on any atom is 0.221 e. The average molecular weight is 257 g/mol. The summed E-state index contributed by atoms with van der Waals surface area (Å²) in [7, 11) is -3.31. The van der Waals surface area contributed by atoms with Crippen LogP contribution in [0.25, 0.3) is 0 Å². The van der Waals surface area contributed by atoms with Crippen LogP contribution in [0.2, 0.25) is 0 Å². The molecule has 1 aliphatic carbocycles. The molecule has 0 bridgehead atoms. The van der Waals surface area contributed by atoms with Crippen molar-refractivity contribution in [3.05, 3.63) is 18.2 Å². The summed E-state index contributed by atoms with van der Waals surface area (Å²) in [4.78, 5) is 4.18. The van der Waals surface area contributed by atoms with Crippen LogP contribution in [0, 0.1) is 0 Å². The van der Waals surface area contributed by atoms with Gasteiger partial charge in [0, 0.05) is 24.5 Å². The number of imidazole rings is 1. The summed E-state index contributed by atoms with van der Waals surface area (Å²) >= 11 is 0. The van der Waals surface area contributed by atoms with Crippen molar-refractivity contribution in [3.63, 3.8) is 0 Å². The van der Waals surface area contributed by atoms with Crippen molar-refractivity contribution in [1.29, 1.82) is 0 Å². The van der Waals surface area contributed by atoms with Crippen LogP contribution in [0.4, 0.5) is 0 Å². The summed E-state index contributed by atoms with van der Waals surface area (Å²) in [5, 5.41) is -0.611. The normalized spacial score (nSPS) is 18.6. The van der Waals surface area contributed by atoms with Crippen molar-refractivity contribution < 1.29 is 8.42 Å². The number of hydrogen-bond acceptors (Lipinski definition) is 3. The molecule has 0 unspecified atom stereocenters. The molecule has 6 heteroatoms. The fourth-order valence-electron chi connectivity index (χ4n) is 1.75. The van der Waals surface area contributed by atoms with E-state index in [9.17, 15) is 8.42 Å². The maximum atomic E-state index is 12.1. The fraction of sp³-hybridized carbons (Fsp3) is 0.727. The minimum Gasteiger partial charge on any atom is -0.331 e. The second kappa shape index (κ2) is 4.42. The zero-order valence-electron chi connectivity index (χ0n) is 10.4. The van der Waals surface area contributed by atoms with Crippen LogP contribution >= 0.6 is 0 Å². The van der Waals surface area contributed by atoms with Crippen molar-refractivity contribution in [2.45, 2.75) is 50.9 Å². The topological polar surface area (TPSA) is 64.0 Å². The molecule has 1 saturated carbocycles. The van der Waals surface area contributed by atoms with Gasteiger partial charge in [-0.1, -0.05) is 0 Å². The largest absolute Gasteiger partial charge is 0.331 e. The first-order valence-electron chi connectivity index (χ1n) is 5.95. The molecule has 0 aromatic carbocycles. The van der Waals surface area contributed by atoms with E-state index >= 15 is 0 Å². The Bertz CT molecular complexity index is 489. The zero-order valence-corrected chi connectivity index (χ0v) is 11.2. The number of rotatable bonds is 5. The summed E-state index contributed by atoms with van der Waals surface area (Å²) in [6.45, 7) is 5.71. The Hall–Kier alpha value is -0.880. The highest BCUT2D eigenvalue weighted by Crippen LogP contribution is 2.26. The van der Waals surface area contributed by atoms with E-state index in [-0.39, 0.29) is 12.1 Å². The van der Waals surface area contributed by atoms with Crippen LogP contribution in [0.5, 0.6) is 0 Å². The van der Waals surface area contributed by atoms with Crippen LogP contribution < -0.4 is 4.72 Å². The molecule has 1 N–H and O–H groups in total. The molecular weight excluding hydrogens is 238 g/mol. The number of sulfonamides is 1. The highest BCUT2D eigenvalue weighted by Gasteiger charge is 2.33. The molecular formula is C11H19N3O2S. The van der Waals surface area contributed by atoms with Crippen molar-refractivity contribution in [2.75, 3.05) is 0 Å². The minimum absolute atomic E-state index is 0.143. The SMILES string of the molecule is CC(C)n1ccnc1[C@@H](C)S(=O)(=O)NC1CC1. The predicted octanol–water partition coefficient (Wildman–Crippen LogP) is 1.61. The standard InChI is InChI=1S/C11H19N3O2S/c1-8(2)14-7-6-12-11(14)9(3)17(15,16)13-10-4-5-10/h6-10,13H,4-5H2,1-3H3/t9-/m1/s1. The second-order valence-corrected chi connectivity index (χ2v) is 6.90. The van der Waals surface area contributed by atoms with Crippen LogP contribution in [0.15, 0.2) is 12.4 Å². The summed E-state index contributed by atoms with van der Waals surface area (Å²) < 4.78 is 28.8. The lowest BCUT2D eigenvalue weighted by Gasteiger charge is -2.17. The van der Waals surface area contributed by atoms with Crippen LogP contribution in [0.1, 0.15) is 50.7 Å². The van der Waals surface area contributed by atoms with E-state index < -0.39 is 15.3 Å². The smallest absolute Gasteiger partial charge is 0.221 e. The fourth-order valence-corrected chi connectivity index (χ4v) is 3.12. The van der Waals surface area contributed by atoms with Crippen LogP contribution in [-0.2, 0) is 10.0 Å². The Morgan fingerprint density at radius 1 is 1.41 bits per heavy atom. The van der Waals surface area contributed by atoms with Gasteiger partial charge >= 0.3 is 0 Å². The van der Waals surface area contributed by atoms with E-state index in [1.165, 1.54) is 0 Å². The Kier molecular flexibility index (Phi) is 3.27. The third-order valence-electron chi connectivity index (χ3n) is 2.99. The highest BCUT2D eigenvalue weighted by molar-refractivity contribution is 7.89. The first-order valence-corrected chi connectivity index (χ1v) is 7.50. The van der Waals surface area contributed by atoms with Crippen LogP contribution in [0.3, 0.4) is 0 Å². The van der Waals surface area contributed by atoms with E-state index in [1.807, 2.05) is 24.6 Å². The van der Waals surface area contributed by atoms with Gasteiger partial charge < -0.3 is 4.57 Å². The number of nitrogens with zero attached hydrogens (tertiary/aromatic N) is 2. The van der Waals surface area contributed by atoms with Crippen molar-refractivity contribution in [3.8, 4) is 0 Å². The Morgan fingerprint density at radius 2 is 2.06 bits per heavy atom. The average Bonchev–Trinajstić information content (AvgIpc) is 2.90. The van der Waals surface area contributed by atoms with E-state index in [0.717, 1.165) is 12.8 Å². The van der Waals surface area contributed by atoms with Gasteiger partial charge in [-0.25, -0.2) is 18.1 Å². The van der Waals surface area contributed by atoms with Crippen LogP contribution in [-0.4, -0.2) is 24.0 Å². The Labute approximate surface area is 102 Å². The molecule has 1 heterocycles. The maximum absolute atomic E-state index is 12.1. The van der Waals surface area contributed by atoms with E-state index in [1.54, 1.807) is 13.1 Å². The van der Waals surface area contributed by atoms with Crippen molar-refractivity contribution in [2.24, 2.45) is 0 Å². The number of nitrogens with one attached hydrogen (secondary N) is 1. The predicted molar refractivity (Wildman–Crippen MR) is 66.1 cm³/mol. The lowest BCUT2D eigenvalue weighted by atomic mass is 10.3. The first-order chi connectivity index (χ1) is 7.92. The van der Waals surface area contributed by atoms with Gasteiger partial charge in [-0.05, 0) is 33.6 Å². The Morgan fingerprint density at radius 3 is 2.59 bits per heavy atom. The third kappa shape index (κ3) is 2.69. The van der Waals surface area contributed by atoms with Gasteiger partial charge in [0.1, 0.15) is 11.1 Å². The lowest BCUT2D eigenvalue weighted by Crippen LogP contribution is -2.31. The van der Waals surface area contributed by atoms with Gasteiger partial charge in [0.25, 0.3) is 0 Å². The zero-order chi connectivity index (χ0) is 12.6. The Balaban J connectivity index is 2.23. The van der Waals surface area contributed by atoms with Gasteiger partial charge in [0.2, 0.25) is 10.0 Å². The quantitative estimate of drug-likeness (QED) is 0.871. The molecule has 1 atom stereocenters.